The largest absolute Gasteiger partial charge is 0.489 e. The molecule has 0 spiro atoms. The van der Waals surface area contributed by atoms with Crippen LogP contribution in [-0.2, 0) is 11.3 Å². The van der Waals surface area contributed by atoms with Crippen LogP contribution in [0, 0.1) is 0 Å². The van der Waals surface area contributed by atoms with Gasteiger partial charge in [-0.2, -0.15) is 0 Å². The molecule has 0 saturated carbocycles. The maximum Gasteiger partial charge on any atom is 0.254 e. The van der Waals surface area contributed by atoms with Crippen molar-refractivity contribution >= 4 is 17.5 Å². The van der Waals surface area contributed by atoms with E-state index in [1.54, 1.807) is 12.1 Å². The van der Waals surface area contributed by atoms with E-state index >= 15 is 0 Å². The number of benzene rings is 2. The molecular weight excluding hydrogens is 338 g/mol. The first-order valence-electron chi connectivity index (χ1n) is 8.44. The van der Waals surface area contributed by atoms with Gasteiger partial charge < -0.3 is 14.4 Å². The van der Waals surface area contributed by atoms with Crippen molar-refractivity contribution in [2.24, 2.45) is 0 Å². The number of hydrogen-bond donors (Lipinski definition) is 0. The van der Waals surface area contributed by atoms with Crippen molar-refractivity contribution in [3.63, 3.8) is 0 Å². The van der Waals surface area contributed by atoms with Crippen molar-refractivity contribution in [3.05, 3.63) is 64.7 Å². The molecule has 2 atom stereocenters. The van der Waals surface area contributed by atoms with Gasteiger partial charge >= 0.3 is 0 Å². The minimum absolute atomic E-state index is 0.0275. The van der Waals surface area contributed by atoms with Crippen molar-refractivity contribution < 1.29 is 14.3 Å². The predicted octanol–water partition coefficient (Wildman–Crippen LogP) is 4.17. The second kappa shape index (κ2) is 7.89. The molecule has 25 heavy (non-hydrogen) atoms. The molecule has 5 heteroatoms. The van der Waals surface area contributed by atoms with Crippen LogP contribution in [0.3, 0.4) is 0 Å². The van der Waals surface area contributed by atoms with Crippen molar-refractivity contribution in [2.75, 3.05) is 13.1 Å². The molecule has 1 fully saturated rings. The highest BCUT2D eigenvalue weighted by Gasteiger charge is 2.26. The molecule has 2 aromatic rings. The average molecular weight is 360 g/mol. The van der Waals surface area contributed by atoms with Crippen LogP contribution in [0.15, 0.2) is 48.5 Å². The summed E-state index contributed by atoms with van der Waals surface area (Å²) in [5.74, 6) is 0.736. The average Bonchev–Trinajstić information content (AvgIpc) is 2.60. The van der Waals surface area contributed by atoms with E-state index in [2.05, 4.69) is 0 Å². The van der Waals surface area contributed by atoms with E-state index in [0.717, 1.165) is 5.56 Å². The van der Waals surface area contributed by atoms with Crippen LogP contribution in [0.5, 0.6) is 5.75 Å². The van der Waals surface area contributed by atoms with E-state index in [-0.39, 0.29) is 18.1 Å². The third-order valence-electron chi connectivity index (χ3n) is 4.16. The van der Waals surface area contributed by atoms with Gasteiger partial charge in [-0.05, 0) is 44.2 Å². The number of nitrogens with zero attached hydrogens (tertiary/aromatic N) is 1. The number of rotatable bonds is 4. The lowest BCUT2D eigenvalue weighted by Gasteiger charge is -2.35. The fraction of sp³-hybridized carbons (Fsp3) is 0.350. The SMILES string of the molecule is C[C@H]1CN(C(=O)c2ccc(OCc3ccccc3Cl)cc2)C[C@H](C)O1. The molecule has 0 N–H and O–H groups in total. The Kier molecular flexibility index (Phi) is 5.61. The van der Waals surface area contributed by atoms with Gasteiger partial charge in [-0.15, -0.1) is 0 Å². The molecule has 1 aliphatic heterocycles. The topological polar surface area (TPSA) is 38.8 Å². The van der Waals surface area contributed by atoms with Gasteiger partial charge in [-0.1, -0.05) is 29.8 Å². The molecule has 2 aromatic carbocycles. The summed E-state index contributed by atoms with van der Waals surface area (Å²) < 4.78 is 11.4. The summed E-state index contributed by atoms with van der Waals surface area (Å²) in [4.78, 5) is 14.5. The molecule has 1 heterocycles. The van der Waals surface area contributed by atoms with E-state index in [1.165, 1.54) is 0 Å². The van der Waals surface area contributed by atoms with Crippen LogP contribution in [0.25, 0.3) is 0 Å². The van der Waals surface area contributed by atoms with E-state index in [4.69, 9.17) is 21.1 Å². The highest BCUT2D eigenvalue weighted by molar-refractivity contribution is 6.31. The smallest absolute Gasteiger partial charge is 0.254 e. The van der Waals surface area contributed by atoms with Crippen LogP contribution in [0.2, 0.25) is 5.02 Å². The van der Waals surface area contributed by atoms with Gasteiger partial charge in [0.2, 0.25) is 0 Å². The third kappa shape index (κ3) is 4.53. The van der Waals surface area contributed by atoms with E-state index in [9.17, 15) is 4.79 Å². The minimum atomic E-state index is 0.0275. The van der Waals surface area contributed by atoms with Crippen molar-refractivity contribution in [1.82, 2.24) is 4.90 Å². The molecule has 0 radical (unpaired) electrons. The zero-order valence-electron chi connectivity index (χ0n) is 14.4. The lowest BCUT2D eigenvalue weighted by atomic mass is 10.1. The fourth-order valence-electron chi connectivity index (χ4n) is 3.00. The minimum Gasteiger partial charge on any atom is -0.489 e. The summed E-state index contributed by atoms with van der Waals surface area (Å²) >= 11 is 6.13. The van der Waals surface area contributed by atoms with Gasteiger partial charge in [-0.3, -0.25) is 4.79 Å². The molecule has 3 rings (SSSR count). The monoisotopic (exact) mass is 359 g/mol. The summed E-state index contributed by atoms with van der Waals surface area (Å²) in [6.07, 6.45) is 0.122. The second-order valence-electron chi connectivity index (χ2n) is 6.37. The van der Waals surface area contributed by atoms with Crippen LogP contribution >= 0.6 is 11.6 Å². The maximum absolute atomic E-state index is 12.6. The number of carbonyl (C=O) groups excluding carboxylic acids is 1. The predicted molar refractivity (Wildman–Crippen MR) is 98.1 cm³/mol. The standard InChI is InChI=1S/C20H22ClNO3/c1-14-11-22(12-15(2)25-14)20(23)16-7-9-18(10-8-16)24-13-17-5-3-4-6-19(17)21/h3-10,14-15H,11-13H2,1-2H3/t14-,15-/m0/s1. The van der Waals surface area contributed by atoms with E-state index in [0.29, 0.717) is 36.0 Å². The Morgan fingerprint density at radius 3 is 2.40 bits per heavy atom. The quantitative estimate of drug-likeness (QED) is 0.822. The van der Waals surface area contributed by atoms with Gasteiger partial charge in [0.1, 0.15) is 12.4 Å². The molecule has 132 valence electrons. The number of carbonyl (C=O) groups is 1. The molecule has 4 nitrogen and oxygen atoms in total. The second-order valence-corrected chi connectivity index (χ2v) is 6.78. The Bertz CT molecular complexity index is 722. The molecule has 1 aliphatic rings. The Balaban J connectivity index is 1.62. The van der Waals surface area contributed by atoms with Crippen LogP contribution in [0.4, 0.5) is 0 Å². The molecule has 0 aromatic heterocycles. The van der Waals surface area contributed by atoms with Gasteiger partial charge in [0.25, 0.3) is 5.91 Å². The van der Waals surface area contributed by atoms with Gasteiger partial charge in [0, 0.05) is 29.2 Å². The first-order chi connectivity index (χ1) is 12.0. The van der Waals surface area contributed by atoms with Gasteiger partial charge in [0.05, 0.1) is 12.2 Å². The number of morpholine rings is 1. The number of ether oxygens (including phenoxy) is 2. The lowest BCUT2D eigenvalue weighted by Crippen LogP contribution is -2.48. The Morgan fingerprint density at radius 1 is 1.12 bits per heavy atom. The molecule has 0 unspecified atom stereocenters. The normalized spacial score (nSPS) is 20.4. The van der Waals surface area contributed by atoms with Gasteiger partial charge in [-0.25, -0.2) is 0 Å². The molecule has 1 amide bonds. The Labute approximate surface area is 153 Å². The summed E-state index contributed by atoms with van der Waals surface area (Å²) in [6, 6.07) is 14.8. The molecule has 0 aliphatic carbocycles. The van der Waals surface area contributed by atoms with Crippen molar-refractivity contribution in [2.45, 2.75) is 32.7 Å². The highest BCUT2D eigenvalue weighted by Crippen LogP contribution is 2.20. The number of amides is 1. The summed E-state index contributed by atoms with van der Waals surface area (Å²) in [7, 11) is 0. The van der Waals surface area contributed by atoms with Gasteiger partial charge in [0.15, 0.2) is 0 Å². The lowest BCUT2D eigenvalue weighted by molar-refractivity contribution is -0.0586. The van der Waals surface area contributed by atoms with E-state index in [1.807, 2.05) is 55.1 Å². The molecular formula is C20H22ClNO3. The zero-order valence-corrected chi connectivity index (χ0v) is 15.2. The Hall–Kier alpha value is -2.04. The molecule has 1 saturated heterocycles. The van der Waals surface area contributed by atoms with Crippen molar-refractivity contribution in [1.29, 1.82) is 0 Å². The first kappa shape index (κ1) is 17.8. The zero-order chi connectivity index (χ0) is 17.8. The van der Waals surface area contributed by atoms with Crippen LogP contribution in [-0.4, -0.2) is 36.1 Å². The molecule has 0 bridgehead atoms. The van der Waals surface area contributed by atoms with Crippen LogP contribution < -0.4 is 4.74 Å². The van der Waals surface area contributed by atoms with E-state index < -0.39 is 0 Å². The summed E-state index contributed by atoms with van der Waals surface area (Å²) in [6.45, 7) is 5.61. The fourth-order valence-corrected chi connectivity index (χ4v) is 3.19. The maximum atomic E-state index is 12.6. The third-order valence-corrected chi connectivity index (χ3v) is 4.53. The first-order valence-corrected chi connectivity index (χ1v) is 8.81. The Morgan fingerprint density at radius 2 is 1.76 bits per heavy atom. The summed E-state index contributed by atoms with van der Waals surface area (Å²) in [5.41, 5.74) is 1.59. The number of halogens is 1. The highest BCUT2D eigenvalue weighted by atomic mass is 35.5. The van der Waals surface area contributed by atoms with Crippen molar-refractivity contribution in [3.8, 4) is 5.75 Å². The summed E-state index contributed by atoms with van der Waals surface area (Å²) in [5, 5.41) is 0.685. The van der Waals surface area contributed by atoms with Crippen LogP contribution in [0.1, 0.15) is 29.8 Å². The number of hydrogen-bond acceptors (Lipinski definition) is 3.